The lowest BCUT2D eigenvalue weighted by Crippen LogP contribution is -2.30. The van der Waals surface area contributed by atoms with Crippen LogP contribution >= 0.6 is 11.3 Å². The summed E-state index contributed by atoms with van der Waals surface area (Å²) in [5.41, 5.74) is 13.6. The van der Waals surface area contributed by atoms with E-state index < -0.39 is 0 Å². The molecule has 3 heterocycles. The number of halogens is 1. The minimum Gasteiger partial charge on any atom is -0.424 e. The van der Waals surface area contributed by atoms with Crippen molar-refractivity contribution in [2.24, 2.45) is 17.6 Å². The first-order valence-corrected chi connectivity index (χ1v) is 12.9. The first-order chi connectivity index (χ1) is 17.1. The molecule has 2 fully saturated rings. The Morgan fingerprint density at radius 1 is 1.17 bits per heavy atom. The quantitative estimate of drug-likeness (QED) is 0.375. The summed E-state index contributed by atoms with van der Waals surface area (Å²) in [5.74, 6) is 2.24. The molecular weight excluding hydrogens is 463 g/mol. The van der Waals surface area contributed by atoms with Crippen LogP contribution in [-0.4, -0.2) is 41.1 Å². The molecule has 3 N–H and O–H groups in total. The first-order valence-electron chi connectivity index (χ1n) is 12.0. The molecule has 2 aromatic carbocycles. The van der Waals surface area contributed by atoms with Gasteiger partial charge in [0.1, 0.15) is 17.4 Å². The molecule has 7 rings (SSSR count). The van der Waals surface area contributed by atoms with Gasteiger partial charge >= 0.3 is 6.01 Å². The summed E-state index contributed by atoms with van der Waals surface area (Å²) in [4.78, 5) is 16.4. The number of anilines is 2. The Labute approximate surface area is 206 Å². The highest BCUT2D eigenvalue weighted by Crippen LogP contribution is 2.48. The molecule has 1 aliphatic heterocycles. The van der Waals surface area contributed by atoms with Crippen LogP contribution in [0, 0.1) is 17.7 Å². The van der Waals surface area contributed by atoms with Crippen LogP contribution < -0.4 is 20.7 Å². The maximum atomic E-state index is 14.6. The largest absolute Gasteiger partial charge is 0.424 e. The summed E-state index contributed by atoms with van der Waals surface area (Å²) < 4.78 is 21.8. The van der Waals surface area contributed by atoms with Crippen LogP contribution in [0.5, 0.6) is 11.8 Å². The summed E-state index contributed by atoms with van der Waals surface area (Å²) >= 11 is 1.57. The van der Waals surface area contributed by atoms with Crippen LogP contribution in [0.15, 0.2) is 35.8 Å². The van der Waals surface area contributed by atoms with Gasteiger partial charge in [-0.3, -0.25) is 0 Å². The van der Waals surface area contributed by atoms with E-state index in [4.69, 9.17) is 20.4 Å². The highest BCUT2D eigenvalue weighted by molar-refractivity contribution is 7.16. The molecule has 0 amide bonds. The van der Waals surface area contributed by atoms with E-state index in [1.54, 1.807) is 23.5 Å². The Kier molecular flexibility index (Phi) is 4.72. The van der Waals surface area contributed by atoms with Crippen molar-refractivity contribution in [2.45, 2.75) is 25.3 Å². The zero-order valence-electron chi connectivity index (χ0n) is 19.3. The lowest BCUT2D eigenvalue weighted by atomic mass is 9.98. The van der Waals surface area contributed by atoms with Crippen LogP contribution in [0.25, 0.3) is 21.3 Å². The molecule has 2 aromatic heterocycles. The Balaban J connectivity index is 1.34. The molecule has 3 atom stereocenters. The van der Waals surface area contributed by atoms with Crippen LogP contribution in [0.2, 0.25) is 0 Å². The molecule has 2 aliphatic carbocycles. The van der Waals surface area contributed by atoms with Gasteiger partial charge in [0.05, 0.1) is 21.4 Å². The second-order valence-electron chi connectivity index (χ2n) is 9.71. The first kappa shape index (κ1) is 21.0. The molecule has 0 radical (unpaired) electrons. The third-order valence-corrected chi connectivity index (χ3v) is 8.56. The highest BCUT2D eigenvalue weighted by atomic mass is 32.1. The van der Waals surface area contributed by atoms with Crippen LogP contribution in [0.1, 0.15) is 24.1 Å². The van der Waals surface area contributed by atoms with Crippen molar-refractivity contribution in [3.8, 4) is 22.9 Å². The fourth-order valence-electron chi connectivity index (χ4n) is 6.08. The SMILES string of the molecule is CNc1cc(F)cc2c1Cc1nc(Oc3ccc4ncsc4c3)nc(N3C[C@H]4CC[C@@H](N)[C@H]4C3)c1-2. The highest BCUT2D eigenvalue weighted by Gasteiger charge is 2.43. The Morgan fingerprint density at radius 2 is 2.09 bits per heavy atom. The summed E-state index contributed by atoms with van der Waals surface area (Å²) in [7, 11) is 1.82. The number of thiazole rings is 1. The van der Waals surface area contributed by atoms with Crippen molar-refractivity contribution >= 4 is 33.1 Å². The molecule has 3 aliphatic rings. The molecule has 178 valence electrons. The van der Waals surface area contributed by atoms with E-state index in [0.29, 0.717) is 30.0 Å². The zero-order chi connectivity index (χ0) is 23.7. The van der Waals surface area contributed by atoms with Gasteiger partial charge in [0, 0.05) is 49.9 Å². The molecule has 1 saturated heterocycles. The van der Waals surface area contributed by atoms with E-state index in [0.717, 1.165) is 70.0 Å². The molecule has 9 heteroatoms. The van der Waals surface area contributed by atoms with Gasteiger partial charge in [-0.15, -0.1) is 11.3 Å². The number of ether oxygens (including phenoxy) is 1. The van der Waals surface area contributed by atoms with Gasteiger partial charge in [-0.05, 0) is 60.1 Å². The molecule has 7 nitrogen and oxygen atoms in total. The van der Waals surface area contributed by atoms with Crippen molar-refractivity contribution in [2.75, 3.05) is 30.4 Å². The van der Waals surface area contributed by atoms with Crippen molar-refractivity contribution in [3.05, 3.63) is 52.9 Å². The lowest BCUT2D eigenvalue weighted by molar-refractivity contribution is 0.440. The number of aromatic nitrogens is 3. The lowest BCUT2D eigenvalue weighted by Gasteiger charge is -2.23. The van der Waals surface area contributed by atoms with Gasteiger partial charge in [-0.1, -0.05) is 0 Å². The fourth-order valence-corrected chi connectivity index (χ4v) is 6.78. The predicted octanol–water partition coefficient (Wildman–Crippen LogP) is 4.80. The average Bonchev–Trinajstić information content (AvgIpc) is 3.62. The van der Waals surface area contributed by atoms with Gasteiger partial charge in [-0.2, -0.15) is 9.97 Å². The summed E-state index contributed by atoms with van der Waals surface area (Å²) in [6.07, 6.45) is 2.82. The number of fused-ring (bicyclic) bond motifs is 5. The van der Waals surface area contributed by atoms with E-state index in [1.165, 1.54) is 0 Å². The number of hydrogen-bond acceptors (Lipinski definition) is 8. The van der Waals surface area contributed by atoms with E-state index in [9.17, 15) is 4.39 Å². The second kappa shape index (κ2) is 7.86. The minimum atomic E-state index is -0.273. The van der Waals surface area contributed by atoms with Gasteiger partial charge in [0.25, 0.3) is 0 Å². The number of nitrogens with two attached hydrogens (primary N) is 1. The number of rotatable bonds is 4. The monoisotopic (exact) mass is 488 g/mol. The van der Waals surface area contributed by atoms with E-state index in [1.807, 2.05) is 30.8 Å². The predicted molar refractivity (Wildman–Crippen MR) is 136 cm³/mol. The van der Waals surface area contributed by atoms with Gasteiger partial charge in [-0.25, -0.2) is 9.37 Å². The van der Waals surface area contributed by atoms with Crippen molar-refractivity contribution in [1.29, 1.82) is 0 Å². The zero-order valence-corrected chi connectivity index (χ0v) is 20.1. The number of hydrogen-bond donors (Lipinski definition) is 2. The van der Waals surface area contributed by atoms with Crippen LogP contribution in [0.3, 0.4) is 0 Å². The summed E-state index contributed by atoms with van der Waals surface area (Å²) in [5, 5.41) is 3.14. The fraction of sp³-hybridized carbons (Fsp3) is 0.346. The van der Waals surface area contributed by atoms with E-state index >= 15 is 0 Å². The van der Waals surface area contributed by atoms with Crippen molar-refractivity contribution in [1.82, 2.24) is 15.0 Å². The normalized spacial score (nSPS) is 22.4. The average molecular weight is 489 g/mol. The van der Waals surface area contributed by atoms with Crippen LogP contribution in [0.4, 0.5) is 15.9 Å². The number of nitrogens with one attached hydrogen (secondary N) is 1. The Bertz CT molecular complexity index is 1470. The van der Waals surface area contributed by atoms with Crippen molar-refractivity contribution < 1.29 is 9.13 Å². The smallest absolute Gasteiger partial charge is 0.324 e. The minimum absolute atomic E-state index is 0.224. The third kappa shape index (κ3) is 3.36. The van der Waals surface area contributed by atoms with E-state index in [-0.39, 0.29) is 11.9 Å². The Hall–Kier alpha value is -3.30. The maximum Gasteiger partial charge on any atom is 0.324 e. The topological polar surface area (TPSA) is 89.2 Å². The molecule has 0 spiro atoms. The molecular formula is C26H25FN6OS. The van der Waals surface area contributed by atoms with Gasteiger partial charge < -0.3 is 20.7 Å². The summed E-state index contributed by atoms with van der Waals surface area (Å²) in [6.45, 7) is 1.75. The van der Waals surface area contributed by atoms with Crippen LogP contribution in [-0.2, 0) is 6.42 Å². The molecule has 0 unspecified atom stereocenters. The summed E-state index contributed by atoms with van der Waals surface area (Å²) in [6, 6.07) is 9.47. The molecule has 4 aromatic rings. The second-order valence-corrected chi connectivity index (χ2v) is 10.6. The third-order valence-electron chi connectivity index (χ3n) is 7.77. The Morgan fingerprint density at radius 3 is 2.94 bits per heavy atom. The molecule has 35 heavy (non-hydrogen) atoms. The maximum absolute atomic E-state index is 14.6. The molecule has 1 saturated carbocycles. The standard InChI is InChI=1S/C26H25FN6OS/c1-29-21-7-14(27)6-17-16(21)9-22-24(17)25(33-10-13-2-4-19(28)18(13)11-33)32-26(31-22)34-15-3-5-20-23(8-15)35-12-30-20/h3,5-8,12-13,18-19,29H,2,4,9-11,28H2,1H3/t13-,18+,19-/m1/s1. The van der Waals surface area contributed by atoms with E-state index in [2.05, 4.69) is 15.2 Å². The number of benzene rings is 2. The van der Waals surface area contributed by atoms with Gasteiger partial charge in [0.15, 0.2) is 0 Å². The number of nitrogens with zero attached hydrogens (tertiary/aromatic N) is 4. The van der Waals surface area contributed by atoms with Crippen molar-refractivity contribution in [3.63, 3.8) is 0 Å². The van der Waals surface area contributed by atoms with Gasteiger partial charge in [0.2, 0.25) is 0 Å². The molecule has 0 bridgehead atoms.